The van der Waals surface area contributed by atoms with E-state index in [1.807, 2.05) is 0 Å². The van der Waals surface area contributed by atoms with Crippen LogP contribution in [0.5, 0.6) is 0 Å². The number of anilines is 1. The molecule has 1 aromatic heterocycles. The maximum Gasteiger partial charge on any atom is 0.252 e. The van der Waals surface area contributed by atoms with E-state index in [9.17, 15) is 9.59 Å². The van der Waals surface area contributed by atoms with Gasteiger partial charge in [-0.05, 0) is 12.1 Å². The minimum Gasteiger partial charge on any atom is -0.365 e. The van der Waals surface area contributed by atoms with E-state index < -0.39 is 5.91 Å². The lowest BCUT2D eigenvalue weighted by Crippen LogP contribution is -2.29. The second-order valence-corrected chi connectivity index (χ2v) is 3.41. The quantitative estimate of drug-likeness (QED) is 0.730. The molecule has 0 spiro atoms. The first-order chi connectivity index (χ1) is 7.52. The summed E-state index contributed by atoms with van der Waals surface area (Å²) < 4.78 is 0. The third-order valence-corrected chi connectivity index (χ3v) is 1.98. The van der Waals surface area contributed by atoms with E-state index in [0.717, 1.165) is 0 Å². The van der Waals surface area contributed by atoms with Crippen molar-refractivity contribution in [2.24, 2.45) is 5.73 Å². The number of primary amides is 1. The molecule has 86 valence electrons. The molecule has 0 atom stereocenters. The van der Waals surface area contributed by atoms with Gasteiger partial charge in [0.05, 0.1) is 12.1 Å². The Morgan fingerprint density at radius 2 is 2.19 bits per heavy atom. The Morgan fingerprint density at radius 3 is 2.75 bits per heavy atom. The summed E-state index contributed by atoms with van der Waals surface area (Å²) in [6.45, 7) is 0.0737. The maximum atomic E-state index is 11.3. The minimum absolute atomic E-state index is 0.0737. The largest absolute Gasteiger partial charge is 0.365 e. The van der Waals surface area contributed by atoms with E-state index in [-0.39, 0.29) is 18.0 Å². The maximum absolute atomic E-state index is 11.3. The van der Waals surface area contributed by atoms with Crippen molar-refractivity contribution in [1.82, 2.24) is 9.88 Å². The summed E-state index contributed by atoms with van der Waals surface area (Å²) in [5.41, 5.74) is 5.44. The number of nitrogens with zero attached hydrogens (tertiary/aromatic N) is 2. The molecule has 1 aromatic rings. The van der Waals surface area contributed by atoms with Gasteiger partial charge in [-0.25, -0.2) is 4.98 Å². The van der Waals surface area contributed by atoms with Crippen LogP contribution in [0.2, 0.25) is 0 Å². The molecule has 2 amide bonds. The molecule has 16 heavy (non-hydrogen) atoms. The standard InChI is InChI=1S/C10H14N4O2/c1-14(2)8(15)6-13-10-7(9(11)16)4-3-5-12-10/h3-5H,6H2,1-2H3,(H2,11,16)(H,12,13). The average molecular weight is 222 g/mol. The molecule has 6 heteroatoms. The predicted octanol–water partition coefficient (Wildman–Crippen LogP) is -0.319. The third kappa shape index (κ3) is 2.94. The van der Waals surface area contributed by atoms with Gasteiger partial charge >= 0.3 is 0 Å². The Balaban J connectivity index is 2.74. The zero-order valence-corrected chi connectivity index (χ0v) is 9.23. The van der Waals surface area contributed by atoms with Crippen LogP contribution < -0.4 is 11.1 Å². The van der Waals surface area contributed by atoms with Gasteiger partial charge in [0.2, 0.25) is 5.91 Å². The van der Waals surface area contributed by atoms with Gasteiger partial charge in [-0.15, -0.1) is 0 Å². The molecule has 3 N–H and O–H groups in total. The lowest BCUT2D eigenvalue weighted by Gasteiger charge is -2.12. The molecule has 0 aliphatic carbocycles. The highest BCUT2D eigenvalue weighted by atomic mass is 16.2. The van der Waals surface area contributed by atoms with Crippen LogP contribution in [0.4, 0.5) is 5.82 Å². The molecule has 0 fully saturated rings. The first kappa shape index (κ1) is 12.0. The molecular weight excluding hydrogens is 208 g/mol. The Labute approximate surface area is 93.4 Å². The van der Waals surface area contributed by atoms with Crippen LogP contribution in [0.25, 0.3) is 0 Å². The SMILES string of the molecule is CN(C)C(=O)CNc1ncccc1C(N)=O. The molecular formula is C10H14N4O2. The average Bonchev–Trinajstić information content (AvgIpc) is 2.25. The van der Waals surface area contributed by atoms with E-state index in [4.69, 9.17) is 5.73 Å². The van der Waals surface area contributed by atoms with E-state index in [1.54, 1.807) is 26.2 Å². The summed E-state index contributed by atoms with van der Waals surface area (Å²) in [7, 11) is 3.30. The van der Waals surface area contributed by atoms with Crippen molar-refractivity contribution in [3.05, 3.63) is 23.9 Å². The van der Waals surface area contributed by atoms with Gasteiger partial charge in [0.15, 0.2) is 0 Å². The summed E-state index contributed by atoms with van der Waals surface area (Å²) in [5.74, 6) is -0.362. The highest BCUT2D eigenvalue weighted by molar-refractivity contribution is 5.97. The number of carbonyl (C=O) groups is 2. The lowest BCUT2D eigenvalue weighted by atomic mass is 10.2. The number of hydrogen-bond donors (Lipinski definition) is 2. The van der Waals surface area contributed by atoms with Crippen LogP contribution >= 0.6 is 0 Å². The number of nitrogens with two attached hydrogens (primary N) is 1. The summed E-state index contributed by atoms with van der Waals surface area (Å²) in [5, 5.41) is 2.77. The first-order valence-electron chi connectivity index (χ1n) is 4.71. The van der Waals surface area contributed by atoms with Crippen LogP contribution in [0, 0.1) is 0 Å². The summed E-state index contributed by atoms with van der Waals surface area (Å²) in [6.07, 6.45) is 1.52. The number of carbonyl (C=O) groups excluding carboxylic acids is 2. The van der Waals surface area contributed by atoms with E-state index >= 15 is 0 Å². The van der Waals surface area contributed by atoms with Gasteiger partial charge in [0.1, 0.15) is 5.82 Å². The van der Waals surface area contributed by atoms with Gasteiger partial charge in [0, 0.05) is 20.3 Å². The van der Waals surface area contributed by atoms with Crippen LogP contribution in [0.15, 0.2) is 18.3 Å². The number of rotatable bonds is 4. The first-order valence-corrected chi connectivity index (χ1v) is 4.71. The number of pyridine rings is 1. The Hall–Kier alpha value is -2.11. The normalized spacial score (nSPS) is 9.62. The number of nitrogens with one attached hydrogen (secondary N) is 1. The Bertz CT molecular complexity index is 404. The molecule has 6 nitrogen and oxygen atoms in total. The van der Waals surface area contributed by atoms with Crippen LogP contribution in [0.3, 0.4) is 0 Å². The van der Waals surface area contributed by atoms with Crippen molar-refractivity contribution in [2.75, 3.05) is 26.0 Å². The smallest absolute Gasteiger partial charge is 0.252 e. The van der Waals surface area contributed by atoms with Crippen molar-refractivity contribution >= 4 is 17.6 Å². The Morgan fingerprint density at radius 1 is 1.50 bits per heavy atom. The minimum atomic E-state index is -0.576. The van der Waals surface area contributed by atoms with Crippen molar-refractivity contribution in [1.29, 1.82) is 0 Å². The van der Waals surface area contributed by atoms with Gasteiger partial charge in [0.25, 0.3) is 5.91 Å². The van der Waals surface area contributed by atoms with E-state index in [0.29, 0.717) is 5.82 Å². The van der Waals surface area contributed by atoms with Gasteiger partial charge < -0.3 is 16.0 Å². The molecule has 1 heterocycles. The van der Waals surface area contributed by atoms with Crippen molar-refractivity contribution in [3.63, 3.8) is 0 Å². The Kier molecular flexibility index (Phi) is 3.82. The van der Waals surface area contributed by atoms with Crippen molar-refractivity contribution < 1.29 is 9.59 Å². The van der Waals surface area contributed by atoms with Crippen LogP contribution in [0.1, 0.15) is 10.4 Å². The summed E-state index contributed by atoms with van der Waals surface area (Å²) in [6, 6.07) is 3.16. The van der Waals surface area contributed by atoms with Crippen LogP contribution in [-0.4, -0.2) is 42.3 Å². The monoisotopic (exact) mass is 222 g/mol. The van der Waals surface area contributed by atoms with E-state index in [1.165, 1.54) is 11.1 Å². The highest BCUT2D eigenvalue weighted by Crippen LogP contribution is 2.09. The van der Waals surface area contributed by atoms with Crippen molar-refractivity contribution in [3.8, 4) is 0 Å². The number of amides is 2. The zero-order valence-electron chi connectivity index (χ0n) is 9.23. The third-order valence-electron chi connectivity index (χ3n) is 1.98. The fraction of sp³-hybridized carbons (Fsp3) is 0.300. The fourth-order valence-electron chi connectivity index (χ4n) is 1.06. The molecule has 0 bridgehead atoms. The second kappa shape index (κ2) is 5.11. The predicted molar refractivity (Wildman–Crippen MR) is 59.9 cm³/mol. The van der Waals surface area contributed by atoms with E-state index in [2.05, 4.69) is 10.3 Å². The number of likely N-dealkylation sites (N-methyl/N-ethyl adjacent to an activating group) is 1. The lowest BCUT2D eigenvalue weighted by molar-refractivity contribution is -0.126. The molecule has 0 aliphatic rings. The molecule has 0 unspecified atom stereocenters. The van der Waals surface area contributed by atoms with Crippen LogP contribution in [-0.2, 0) is 4.79 Å². The van der Waals surface area contributed by atoms with Gasteiger partial charge in [-0.2, -0.15) is 0 Å². The van der Waals surface area contributed by atoms with Crippen molar-refractivity contribution in [2.45, 2.75) is 0 Å². The molecule has 0 saturated heterocycles. The number of hydrogen-bond acceptors (Lipinski definition) is 4. The molecule has 0 saturated carbocycles. The zero-order chi connectivity index (χ0) is 12.1. The molecule has 0 aliphatic heterocycles. The summed E-state index contributed by atoms with van der Waals surface area (Å²) >= 11 is 0. The fourth-order valence-corrected chi connectivity index (χ4v) is 1.06. The molecule has 1 rings (SSSR count). The molecule has 0 radical (unpaired) electrons. The van der Waals surface area contributed by atoms with Gasteiger partial charge in [-0.3, -0.25) is 9.59 Å². The topological polar surface area (TPSA) is 88.3 Å². The number of aromatic nitrogens is 1. The second-order valence-electron chi connectivity index (χ2n) is 3.41. The highest BCUT2D eigenvalue weighted by Gasteiger charge is 2.10. The summed E-state index contributed by atoms with van der Waals surface area (Å²) in [4.78, 5) is 27.8. The molecule has 0 aromatic carbocycles. The van der Waals surface area contributed by atoms with Gasteiger partial charge in [-0.1, -0.05) is 0 Å².